The summed E-state index contributed by atoms with van der Waals surface area (Å²) in [5.74, 6) is 0. The smallest absolute Gasteiger partial charge is 0.113 e. The number of aromatic nitrogens is 3. The van der Waals surface area contributed by atoms with Crippen LogP contribution in [-0.2, 0) is 0 Å². The van der Waals surface area contributed by atoms with Gasteiger partial charge in [0.05, 0.1) is 17.6 Å². The van der Waals surface area contributed by atoms with Gasteiger partial charge in [-0.2, -0.15) is 0 Å². The van der Waals surface area contributed by atoms with Crippen LogP contribution in [0.2, 0.25) is 0 Å². The molecule has 0 unspecified atom stereocenters. The Hall–Kier alpha value is -2.62. The molecule has 0 atom stereocenters. The Morgan fingerprint density at radius 3 is 2.39 bits per heavy atom. The van der Waals surface area contributed by atoms with Crippen molar-refractivity contribution in [2.75, 3.05) is 5.73 Å². The molecule has 1 aromatic heterocycles. The first-order chi connectivity index (χ1) is 8.84. The average molecular weight is 236 g/mol. The molecule has 0 aliphatic heterocycles. The second kappa shape index (κ2) is 4.33. The number of hydrogen-bond donors (Lipinski definition) is 1. The largest absolute Gasteiger partial charge is 0.397 e. The number of nitrogens with two attached hydrogens (primary N) is 1. The lowest BCUT2D eigenvalue weighted by atomic mass is 10.2. The van der Waals surface area contributed by atoms with Crippen LogP contribution in [0.25, 0.3) is 16.9 Å². The minimum atomic E-state index is 0.682. The van der Waals surface area contributed by atoms with Crippen molar-refractivity contribution in [1.29, 1.82) is 0 Å². The van der Waals surface area contributed by atoms with E-state index >= 15 is 0 Å². The molecule has 4 heteroatoms. The van der Waals surface area contributed by atoms with Crippen LogP contribution in [-0.4, -0.2) is 15.0 Å². The fourth-order valence-electron chi connectivity index (χ4n) is 1.82. The minimum Gasteiger partial charge on any atom is -0.397 e. The van der Waals surface area contributed by atoms with Gasteiger partial charge >= 0.3 is 0 Å². The first-order valence-electron chi connectivity index (χ1n) is 5.67. The molecule has 0 spiro atoms. The summed E-state index contributed by atoms with van der Waals surface area (Å²) in [5.41, 5.74) is 9.31. The maximum absolute atomic E-state index is 5.91. The van der Waals surface area contributed by atoms with E-state index in [1.807, 2.05) is 60.8 Å². The molecule has 0 saturated heterocycles. The monoisotopic (exact) mass is 236 g/mol. The van der Waals surface area contributed by atoms with Crippen molar-refractivity contribution in [2.24, 2.45) is 0 Å². The zero-order valence-electron chi connectivity index (χ0n) is 9.69. The third-order valence-electron chi connectivity index (χ3n) is 2.75. The normalized spacial score (nSPS) is 10.4. The molecule has 3 aromatic rings. The highest BCUT2D eigenvalue weighted by molar-refractivity contribution is 5.61. The van der Waals surface area contributed by atoms with Crippen LogP contribution < -0.4 is 5.73 Å². The van der Waals surface area contributed by atoms with Gasteiger partial charge in [-0.05, 0) is 12.1 Å². The fourth-order valence-corrected chi connectivity index (χ4v) is 1.82. The van der Waals surface area contributed by atoms with Gasteiger partial charge in [-0.25, -0.2) is 4.68 Å². The molecule has 88 valence electrons. The first-order valence-corrected chi connectivity index (χ1v) is 5.67. The van der Waals surface area contributed by atoms with Gasteiger partial charge in [0.15, 0.2) is 0 Å². The van der Waals surface area contributed by atoms with Crippen molar-refractivity contribution in [2.45, 2.75) is 0 Å². The van der Waals surface area contributed by atoms with Crippen molar-refractivity contribution < 1.29 is 0 Å². The van der Waals surface area contributed by atoms with Crippen LogP contribution >= 0.6 is 0 Å². The summed E-state index contributed by atoms with van der Waals surface area (Å²) in [7, 11) is 0. The summed E-state index contributed by atoms with van der Waals surface area (Å²) < 4.78 is 1.69. The van der Waals surface area contributed by atoms with E-state index < -0.39 is 0 Å². The summed E-state index contributed by atoms with van der Waals surface area (Å²) in [6, 6.07) is 17.5. The summed E-state index contributed by atoms with van der Waals surface area (Å²) in [4.78, 5) is 0. The molecule has 0 fully saturated rings. The average Bonchev–Trinajstić information content (AvgIpc) is 2.90. The lowest BCUT2D eigenvalue weighted by molar-refractivity contribution is 0.805. The van der Waals surface area contributed by atoms with Crippen LogP contribution in [0.4, 0.5) is 5.69 Å². The highest BCUT2D eigenvalue weighted by Crippen LogP contribution is 2.19. The van der Waals surface area contributed by atoms with Gasteiger partial charge in [0, 0.05) is 5.56 Å². The van der Waals surface area contributed by atoms with Crippen LogP contribution in [0.15, 0.2) is 60.8 Å². The van der Waals surface area contributed by atoms with Gasteiger partial charge in [0.1, 0.15) is 5.69 Å². The van der Waals surface area contributed by atoms with E-state index in [1.54, 1.807) is 4.68 Å². The molecule has 4 nitrogen and oxygen atoms in total. The van der Waals surface area contributed by atoms with Crippen molar-refractivity contribution in [1.82, 2.24) is 15.0 Å². The Kier molecular flexibility index (Phi) is 2.53. The third-order valence-corrected chi connectivity index (χ3v) is 2.75. The van der Waals surface area contributed by atoms with Gasteiger partial charge in [-0.1, -0.05) is 47.7 Å². The number of hydrogen-bond acceptors (Lipinski definition) is 3. The van der Waals surface area contributed by atoms with Crippen molar-refractivity contribution in [3.63, 3.8) is 0 Å². The molecule has 0 aliphatic carbocycles. The molecule has 3 rings (SSSR count). The standard InChI is InChI=1S/C14H12N4/c15-12-8-4-5-9-14(12)18-10-13(16-17-18)11-6-2-1-3-7-11/h1-10H,15H2. The quantitative estimate of drug-likeness (QED) is 0.695. The Labute approximate surface area is 105 Å². The predicted octanol–water partition coefficient (Wildman–Crippen LogP) is 2.52. The molecule has 2 aromatic carbocycles. The Morgan fingerprint density at radius 2 is 1.61 bits per heavy atom. The van der Waals surface area contributed by atoms with Gasteiger partial charge in [-0.15, -0.1) is 5.10 Å². The Balaban J connectivity index is 2.03. The molecule has 0 amide bonds. The highest BCUT2D eigenvalue weighted by Gasteiger charge is 2.06. The van der Waals surface area contributed by atoms with E-state index in [0.717, 1.165) is 16.9 Å². The topological polar surface area (TPSA) is 56.7 Å². The summed E-state index contributed by atoms with van der Waals surface area (Å²) >= 11 is 0. The van der Waals surface area contributed by atoms with Crippen LogP contribution in [0.5, 0.6) is 0 Å². The summed E-state index contributed by atoms with van der Waals surface area (Å²) in [5, 5.41) is 8.27. The van der Waals surface area contributed by atoms with E-state index in [1.165, 1.54) is 0 Å². The van der Waals surface area contributed by atoms with Crippen molar-refractivity contribution >= 4 is 5.69 Å². The molecule has 0 aliphatic rings. The molecule has 0 saturated carbocycles. The van der Waals surface area contributed by atoms with Gasteiger partial charge in [0.2, 0.25) is 0 Å². The summed E-state index contributed by atoms with van der Waals surface area (Å²) in [6.07, 6.45) is 1.88. The number of nitrogen functional groups attached to an aromatic ring is 1. The number of anilines is 1. The second-order valence-electron chi connectivity index (χ2n) is 3.97. The zero-order valence-corrected chi connectivity index (χ0v) is 9.69. The summed E-state index contributed by atoms with van der Waals surface area (Å²) in [6.45, 7) is 0. The van der Waals surface area contributed by atoms with Crippen LogP contribution in [0.3, 0.4) is 0 Å². The van der Waals surface area contributed by atoms with Crippen LogP contribution in [0.1, 0.15) is 0 Å². The maximum atomic E-state index is 5.91. The molecule has 2 N–H and O–H groups in total. The lowest BCUT2D eigenvalue weighted by Gasteiger charge is -2.02. The maximum Gasteiger partial charge on any atom is 0.113 e. The number of para-hydroxylation sites is 2. The molecular formula is C14H12N4. The fraction of sp³-hybridized carbons (Fsp3) is 0. The SMILES string of the molecule is Nc1ccccc1-n1cc(-c2ccccc2)nn1. The van der Waals surface area contributed by atoms with Crippen molar-refractivity contribution in [3.05, 3.63) is 60.8 Å². The Morgan fingerprint density at radius 1 is 0.889 bits per heavy atom. The van der Waals surface area contributed by atoms with E-state index in [2.05, 4.69) is 10.3 Å². The van der Waals surface area contributed by atoms with Crippen molar-refractivity contribution in [3.8, 4) is 16.9 Å². The molecule has 1 heterocycles. The highest BCUT2D eigenvalue weighted by atomic mass is 15.4. The van der Waals surface area contributed by atoms with Gasteiger partial charge in [-0.3, -0.25) is 0 Å². The van der Waals surface area contributed by atoms with Gasteiger partial charge < -0.3 is 5.73 Å². The molecular weight excluding hydrogens is 224 g/mol. The number of rotatable bonds is 2. The van der Waals surface area contributed by atoms with E-state index in [0.29, 0.717) is 5.69 Å². The predicted molar refractivity (Wildman–Crippen MR) is 71.2 cm³/mol. The number of benzene rings is 2. The van der Waals surface area contributed by atoms with E-state index in [9.17, 15) is 0 Å². The minimum absolute atomic E-state index is 0.682. The number of nitrogens with zero attached hydrogens (tertiary/aromatic N) is 3. The molecule has 0 radical (unpaired) electrons. The molecule has 0 bridgehead atoms. The van der Waals surface area contributed by atoms with Crippen LogP contribution in [0, 0.1) is 0 Å². The van der Waals surface area contributed by atoms with E-state index in [-0.39, 0.29) is 0 Å². The zero-order chi connectivity index (χ0) is 12.4. The lowest BCUT2D eigenvalue weighted by Crippen LogP contribution is -1.99. The van der Waals surface area contributed by atoms with E-state index in [4.69, 9.17) is 5.73 Å². The third kappa shape index (κ3) is 1.84. The first kappa shape index (κ1) is 10.5. The second-order valence-corrected chi connectivity index (χ2v) is 3.97. The molecule has 18 heavy (non-hydrogen) atoms. The van der Waals surface area contributed by atoms with Gasteiger partial charge in [0.25, 0.3) is 0 Å². The Bertz CT molecular complexity index is 658.